The lowest BCUT2D eigenvalue weighted by Crippen LogP contribution is -2.30. The van der Waals surface area contributed by atoms with E-state index in [0.29, 0.717) is 0 Å². The second-order valence-electron chi connectivity index (χ2n) is 2.48. The summed E-state index contributed by atoms with van der Waals surface area (Å²) in [6.45, 7) is 1.93. The van der Waals surface area contributed by atoms with Crippen LogP contribution in [0.1, 0.15) is 12.1 Å². The number of hydrogen-bond donors (Lipinski definition) is 2. The second kappa shape index (κ2) is 2.74. The number of aromatic amines is 1. The number of aromatic nitrogens is 2. The standard InChI is InChI=1S/C7H10N4/c1-2-9-7(10-3-1)6-4-8-5-11-6/h4-5H,1-3H2,(H,8,11)(H,9,10). The van der Waals surface area contributed by atoms with Crippen molar-refractivity contribution < 1.29 is 0 Å². The second-order valence-corrected chi connectivity index (χ2v) is 2.48. The number of aliphatic imine (C=N–C) groups is 1. The molecule has 1 aliphatic heterocycles. The van der Waals surface area contributed by atoms with Gasteiger partial charge in [0.2, 0.25) is 0 Å². The molecule has 1 aliphatic rings. The number of nitrogens with zero attached hydrogens (tertiary/aromatic N) is 2. The molecule has 4 heteroatoms. The predicted octanol–water partition coefficient (Wildman–Crippen LogP) is 0.150. The average molecular weight is 150 g/mol. The van der Waals surface area contributed by atoms with Crippen molar-refractivity contribution in [2.75, 3.05) is 13.1 Å². The van der Waals surface area contributed by atoms with Crippen LogP contribution >= 0.6 is 0 Å². The van der Waals surface area contributed by atoms with E-state index >= 15 is 0 Å². The zero-order chi connectivity index (χ0) is 7.52. The summed E-state index contributed by atoms with van der Waals surface area (Å²) >= 11 is 0. The first-order valence-electron chi connectivity index (χ1n) is 3.74. The molecule has 0 atom stereocenters. The maximum atomic E-state index is 4.31. The zero-order valence-electron chi connectivity index (χ0n) is 6.17. The van der Waals surface area contributed by atoms with E-state index in [0.717, 1.165) is 31.0 Å². The first-order valence-corrected chi connectivity index (χ1v) is 3.74. The Morgan fingerprint density at radius 3 is 3.09 bits per heavy atom. The minimum absolute atomic E-state index is 0.918. The summed E-state index contributed by atoms with van der Waals surface area (Å²) in [5.74, 6) is 0.939. The van der Waals surface area contributed by atoms with Crippen molar-refractivity contribution in [2.24, 2.45) is 4.99 Å². The topological polar surface area (TPSA) is 53.1 Å². The smallest absolute Gasteiger partial charge is 0.146 e. The highest BCUT2D eigenvalue weighted by Gasteiger charge is 2.06. The Bertz CT molecular complexity index is 249. The first-order chi connectivity index (χ1) is 5.47. The van der Waals surface area contributed by atoms with Crippen molar-refractivity contribution in [1.82, 2.24) is 15.3 Å². The Balaban J connectivity index is 2.22. The SMILES string of the molecule is c1ncc(C2=NCCCN2)[nH]1. The van der Waals surface area contributed by atoms with Gasteiger partial charge in [-0.1, -0.05) is 0 Å². The van der Waals surface area contributed by atoms with E-state index in [1.165, 1.54) is 0 Å². The number of amidine groups is 1. The van der Waals surface area contributed by atoms with Crippen molar-refractivity contribution in [2.45, 2.75) is 6.42 Å². The lowest BCUT2D eigenvalue weighted by Gasteiger charge is -2.12. The van der Waals surface area contributed by atoms with Crippen molar-refractivity contribution in [3.63, 3.8) is 0 Å². The van der Waals surface area contributed by atoms with Crippen LogP contribution in [0, 0.1) is 0 Å². The van der Waals surface area contributed by atoms with Crippen LogP contribution in [0.3, 0.4) is 0 Å². The number of rotatable bonds is 1. The van der Waals surface area contributed by atoms with Gasteiger partial charge in [0.25, 0.3) is 0 Å². The molecule has 0 fully saturated rings. The summed E-state index contributed by atoms with van der Waals surface area (Å²) < 4.78 is 0. The molecule has 0 saturated heterocycles. The quantitative estimate of drug-likeness (QED) is 0.598. The number of H-pyrrole nitrogens is 1. The average Bonchev–Trinajstić information content (AvgIpc) is 2.58. The Morgan fingerprint density at radius 1 is 1.45 bits per heavy atom. The lowest BCUT2D eigenvalue weighted by atomic mass is 10.3. The number of nitrogens with one attached hydrogen (secondary N) is 2. The van der Waals surface area contributed by atoms with E-state index in [-0.39, 0.29) is 0 Å². The molecular formula is C7H10N4. The number of hydrogen-bond acceptors (Lipinski definition) is 3. The third-order valence-corrected chi connectivity index (χ3v) is 1.65. The highest BCUT2D eigenvalue weighted by molar-refractivity contribution is 5.97. The van der Waals surface area contributed by atoms with Crippen LogP contribution in [0.5, 0.6) is 0 Å². The van der Waals surface area contributed by atoms with Crippen molar-refractivity contribution in [1.29, 1.82) is 0 Å². The highest BCUT2D eigenvalue weighted by Crippen LogP contribution is 1.97. The van der Waals surface area contributed by atoms with Crippen LogP contribution in [-0.4, -0.2) is 28.9 Å². The summed E-state index contributed by atoms with van der Waals surface area (Å²) in [6.07, 6.45) is 4.56. The van der Waals surface area contributed by atoms with E-state index in [9.17, 15) is 0 Å². The fraction of sp³-hybridized carbons (Fsp3) is 0.429. The van der Waals surface area contributed by atoms with Crippen LogP contribution in [0.4, 0.5) is 0 Å². The van der Waals surface area contributed by atoms with Crippen molar-refractivity contribution in [3.05, 3.63) is 18.2 Å². The van der Waals surface area contributed by atoms with Gasteiger partial charge in [0, 0.05) is 13.1 Å². The van der Waals surface area contributed by atoms with Gasteiger partial charge in [0.1, 0.15) is 11.5 Å². The minimum atomic E-state index is 0.918. The Morgan fingerprint density at radius 2 is 2.45 bits per heavy atom. The molecule has 1 aromatic heterocycles. The number of imidazole rings is 1. The van der Waals surface area contributed by atoms with Gasteiger partial charge >= 0.3 is 0 Å². The Kier molecular flexibility index (Phi) is 1.59. The molecule has 11 heavy (non-hydrogen) atoms. The molecule has 2 rings (SSSR count). The van der Waals surface area contributed by atoms with Crippen molar-refractivity contribution in [3.8, 4) is 0 Å². The summed E-state index contributed by atoms with van der Waals surface area (Å²) in [6, 6.07) is 0. The molecule has 0 aliphatic carbocycles. The molecule has 2 heterocycles. The maximum absolute atomic E-state index is 4.31. The Hall–Kier alpha value is -1.32. The molecule has 0 saturated carbocycles. The van der Waals surface area contributed by atoms with Crippen LogP contribution < -0.4 is 5.32 Å². The fourth-order valence-electron chi connectivity index (χ4n) is 1.10. The molecule has 0 spiro atoms. The van der Waals surface area contributed by atoms with Gasteiger partial charge in [-0.15, -0.1) is 0 Å². The normalized spacial score (nSPS) is 17.3. The van der Waals surface area contributed by atoms with E-state index in [2.05, 4.69) is 20.3 Å². The van der Waals surface area contributed by atoms with Gasteiger partial charge in [0.15, 0.2) is 0 Å². The van der Waals surface area contributed by atoms with E-state index in [4.69, 9.17) is 0 Å². The van der Waals surface area contributed by atoms with Gasteiger partial charge in [-0.2, -0.15) is 0 Å². The fourth-order valence-corrected chi connectivity index (χ4v) is 1.10. The third kappa shape index (κ3) is 1.24. The van der Waals surface area contributed by atoms with Crippen LogP contribution in [-0.2, 0) is 0 Å². The van der Waals surface area contributed by atoms with E-state index in [1.807, 2.05) is 0 Å². The lowest BCUT2D eigenvalue weighted by molar-refractivity contribution is 0.741. The monoisotopic (exact) mass is 150 g/mol. The van der Waals surface area contributed by atoms with Crippen molar-refractivity contribution >= 4 is 5.84 Å². The molecule has 4 nitrogen and oxygen atoms in total. The maximum Gasteiger partial charge on any atom is 0.146 e. The van der Waals surface area contributed by atoms with E-state index < -0.39 is 0 Å². The molecule has 58 valence electrons. The van der Waals surface area contributed by atoms with Gasteiger partial charge < -0.3 is 10.3 Å². The Labute approximate surface area is 64.8 Å². The summed E-state index contributed by atoms with van der Waals surface area (Å²) in [4.78, 5) is 11.2. The summed E-state index contributed by atoms with van der Waals surface area (Å²) in [5, 5.41) is 3.20. The van der Waals surface area contributed by atoms with E-state index in [1.54, 1.807) is 12.5 Å². The van der Waals surface area contributed by atoms with Gasteiger partial charge in [-0.05, 0) is 6.42 Å². The molecule has 2 N–H and O–H groups in total. The first kappa shape index (κ1) is 6.39. The third-order valence-electron chi connectivity index (χ3n) is 1.65. The zero-order valence-corrected chi connectivity index (χ0v) is 6.17. The van der Waals surface area contributed by atoms with Crippen LogP contribution in [0.2, 0.25) is 0 Å². The molecule has 0 amide bonds. The van der Waals surface area contributed by atoms with Crippen LogP contribution in [0.15, 0.2) is 17.5 Å². The predicted molar refractivity (Wildman–Crippen MR) is 42.6 cm³/mol. The minimum Gasteiger partial charge on any atom is -0.369 e. The molecule has 0 bridgehead atoms. The summed E-state index contributed by atoms with van der Waals surface area (Å²) in [5.41, 5.74) is 0.977. The largest absolute Gasteiger partial charge is 0.369 e. The summed E-state index contributed by atoms with van der Waals surface area (Å²) in [7, 11) is 0. The molecular weight excluding hydrogens is 140 g/mol. The van der Waals surface area contributed by atoms with Gasteiger partial charge in [0.05, 0.1) is 12.5 Å². The van der Waals surface area contributed by atoms with Gasteiger partial charge in [-0.25, -0.2) is 4.98 Å². The van der Waals surface area contributed by atoms with Gasteiger partial charge in [-0.3, -0.25) is 4.99 Å². The molecule has 0 aromatic carbocycles. The molecule has 0 unspecified atom stereocenters. The molecule has 1 aromatic rings. The molecule has 0 radical (unpaired) electrons. The highest BCUT2D eigenvalue weighted by atomic mass is 15.1. The van der Waals surface area contributed by atoms with Crippen LogP contribution in [0.25, 0.3) is 0 Å².